The van der Waals surface area contributed by atoms with E-state index in [1.807, 2.05) is 49.4 Å². The predicted molar refractivity (Wildman–Crippen MR) is 92.0 cm³/mol. The summed E-state index contributed by atoms with van der Waals surface area (Å²) in [5, 5.41) is 2.86. The van der Waals surface area contributed by atoms with Crippen LogP contribution in [-0.2, 0) is 11.2 Å². The fourth-order valence-electron chi connectivity index (χ4n) is 2.26. The van der Waals surface area contributed by atoms with E-state index in [0.29, 0.717) is 42.3 Å². The first-order chi connectivity index (χ1) is 11.1. The molecule has 0 aromatic heterocycles. The number of carbonyl (C=O) groups is 1. The van der Waals surface area contributed by atoms with Crippen LogP contribution in [0.4, 0.5) is 11.4 Å². The maximum atomic E-state index is 12.1. The average Bonchev–Trinajstić information content (AvgIpc) is 2.56. The Labute approximate surface area is 136 Å². The molecule has 5 nitrogen and oxygen atoms in total. The maximum Gasteiger partial charge on any atom is 0.224 e. The van der Waals surface area contributed by atoms with Crippen molar-refractivity contribution in [1.29, 1.82) is 0 Å². The van der Waals surface area contributed by atoms with Crippen LogP contribution in [0.1, 0.15) is 18.9 Å². The van der Waals surface area contributed by atoms with Gasteiger partial charge in [-0.3, -0.25) is 4.79 Å². The molecule has 122 valence electrons. The highest BCUT2D eigenvalue weighted by Gasteiger charge is 2.08. The van der Waals surface area contributed by atoms with E-state index in [1.165, 1.54) is 0 Å². The van der Waals surface area contributed by atoms with Crippen molar-refractivity contribution >= 4 is 17.3 Å². The van der Waals surface area contributed by atoms with Gasteiger partial charge in [-0.05, 0) is 43.2 Å². The number of ether oxygens (including phenoxy) is 2. The molecule has 0 saturated carbocycles. The summed E-state index contributed by atoms with van der Waals surface area (Å²) in [7, 11) is 1.58. The third kappa shape index (κ3) is 4.64. The topological polar surface area (TPSA) is 73.6 Å². The second-order valence-corrected chi connectivity index (χ2v) is 5.05. The second-order valence-electron chi connectivity index (χ2n) is 5.05. The quantitative estimate of drug-likeness (QED) is 0.769. The van der Waals surface area contributed by atoms with E-state index in [9.17, 15) is 4.79 Å². The van der Waals surface area contributed by atoms with Gasteiger partial charge >= 0.3 is 0 Å². The molecule has 1 amide bonds. The lowest BCUT2D eigenvalue weighted by Gasteiger charge is -2.11. The summed E-state index contributed by atoms with van der Waals surface area (Å²) in [6.07, 6.45) is 0.975. The van der Waals surface area contributed by atoms with Crippen LogP contribution in [0.15, 0.2) is 42.5 Å². The Balaban J connectivity index is 1.93. The standard InChI is InChI=1S/C18H22N2O3/c1-3-23-16-10-8-13(12-14(16)19)9-11-18(21)20-15-6-4-5-7-17(15)22-2/h4-8,10,12H,3,9,11,19H2,1-2H3,(H,20,21). The minimum absolute atomic E-state index is 0.0676. The smallest absolute Gasteiger partial charge is 0.224 e. The minimum Gasteiger partial charge on any atom is -0.495 e. The van der Waals surface area contributed by atoms with Crippen molar-refractivity contribution < 1.29 is 14.3 Å². The number of para-hydroxylation sites is 2. The number of carbonyl (C=O) groups excluding carboxylic acids is 1. The number of nitrogens with one attached hydrogen (secondary N) is 1. The van der Waals surface area contributed by atoms with Gasteiger partial charge in [-0.1, -0.05) is 18.2 Å². The van der Waals surface area contributed by atoms with Crippen LogP contribution in [0.25, 0.3) is 0 Å². The van der Waals surface area contributed by atoms with Crippen LogP contribution in [0.5, 0.6) is 11.5 Å². The zero-order valence-corrected chi connectivity index (χ0v) is 13.5. The van der Waals surface area contributed by atoms with Crippen LogP contribution in [0.2, 0.25) is 0 Å². The molecule has 0 atom stereocenters. The van der Waals surface area contributed by atoms with Gasteiger partial charge in [0.05, 0.1) is 25.1 Å². The van der Waals surface area contributed by atoms with Crippen LogP contribution in [-0.4, -0.2) is 19.6 Å². The van der Waals surface area contributed by atoms with Crippen molar-refractivity contribution in [2.45, 2.75) is 19.8 Å². The number of hydrogen-bond acceptors (Lipinski definition) is 4. The number of methoxy groups -OCH3 is 1. The van der Waals surface area contributed by atoms with E-state index in [0.717, 1.165) is 5.56 Å². The van der Waals surface area contributed by atoms with Crippen LogP contribution >= 0.6 is 0 Å². The highest BCUT2D eigenvalue weighted by atomic mass is 16.5. The molecule has 3 N–H and O–H groups in total. The van der Waals surface area contributed by atoms with Crippen molar-refractivity contribution in [3.05, 3.63) is 48.0 Å². The average molecular weight is 314 g/mol. The van der Waals surface area contributed by atoms with Gasteiger partial charge in [-0.15, -0.1) is 0 Å². The van der Waals surface area contributed by atoms with Gasteiger partial charge in [0.15, 0.2) is 0 Å². The molecule has 0 fully saturated rings. The van der Waals surface area contributed by atoms with Gasteiger partial charge < -0.3 is 20.5 Å². The zero-order valence-electron chi connectivity index (χ0n) is 13.5. The van der Waals surface area contributed by atoms with Gasteiger partial charge in [0, 0.05) is 6.42 Å². The molecule has 0 saturated heterocycles. The number of aryl methyl sites for hydroxylation is 1. The summed E-state index contributed by atoms with van der Waals surface area (Å²) in [4.78, 5) is 12.1. The highest BCUT2D eigenvalue weighted by Crippen LogP contribution is 2.24. The Kier molecular flexibility index (Phi) is 5.86. The molecule has 0 bridgehead atoms. The number of hydrogen-bond donors (Lipinski definition) is 2. The van der Waals surface area contributed by atoms with E-state index in [2.05, 4.69) is 5.32 Å². The van der Waals surface area contributed by atoms with Crippen molar-refractivity contribution in [3.8, 4) is 11.5 Å². The minimum atomic E-state index is -0.0676. The lowest BCUT2D eigenvalue weighted by atomic mass is 10.1. The van der Waals surface area contributed by atoms with Crippen molar-refractivity contribution in [2.75, 3.05) is 24.8 Å². The normalized spacial score (nSPS) is 10.2. The molecule has 0 aliphatic carbocycles. The van der Waals surface area contributed by atoms with Gasteiger partial charge in [0.1, 0.15) is 11.5 Å². The second kappa shape index (κ2) is 8.08. The summed E-state index contributed by atoms with van der Waals surface area (Å²) in [5.74, 6) is 1.25. The van der Waals surface area contributed by atoms with Crippen LogP contribution < -0.4 is 20.5 Å². The summed E-state index contributed by atoms with van der Waals surface area (Å²) >= 11 is 0. The van der Waals surface area contributed by atoms with E-state index >= 15 is 0 Å². The van der Waals surface area contributed by atoms with E-state index in [4.69, 9.17) is 15.2 Å². The number of rotatable bonds is 7. The largest absolute Gasteiger partial charge is 0.495 e. The van der Waals surface area contributed by atoms with Crippen molar-refractivity contribution in [3.63, 3.8) is 0 Å². The SMILES string of the molecule is CCOc1ccc(CCC(=O)Nc2ccccc2OC)cc1N. The summed E-state index contributed by atoms with van der Waals surface area (Å²) in [6, 6.07) is 12.9. The molecule has 0 radical (unpaired) electrons. The molecular weight excluding hydrogens is 292 g/mol. The van der Waals surface area contributed by atoms with Crippen molar-refractivity contribution in [2.24, 2.45) is 0 Å². The zero-order chi connectivity index (χ0) is 16.7. The fraction of sp³-hybridized carbons (Fsp3) is 0.278. The third-order valence-corrected chi connectivity index (χ3v) is 3.40. The Bertz CT molecular complexity index is 671. The summed E-state index contributed by atoms with van der Waals surface area (Å²) in [5.41, 5.74) is 8.20. The first kappa shape index (κ1) is 16.7. The molecule has 0 unspecified atom stereocenters. The Morgan fingerprint density at radius 2 is 1.96 bits per heavy atom. The molecule has 0 spiro atoms. The number of anilines is 2. The first-order valence-electron chi connectivity index (χ1n) is 7.58. The number of nitrogen functional groups attached to an aromatic ring is 1. The van der Waals surface area contributed by atoms with Crippen molar-refractivity contribution in [1.82, 2.24) is 0 Å². The number of benzene rings is 2. The Hall–Kier alpha value is -2.69. The number of nitrogens with two attached hydrogens (primary N) is 1. The molecule has 5 heteroatoms. The van der Waals surface area contributed by atoms with E-state index in [-0.39, 0.29) is 5.91 Å². The van der Waals surface area contributed by atoms with Gasteiger partial charge in [-0.2, -0.15) is 0 Å². The molecule has 0 aliphatic rings. The monoisotopic (exact) mass is 314 g/mol. The maximum absolute atomic E-state index is 12.1. The van der Waals surface area contributed by atoms with Gasteiger partial charge in [0.2, 0.25) is 5.91 Å². The Morgan fingerprint density at radius 1 is 1.17 bits per heavy atom. The lowest BCUT2D eigenvalue weighted by Crippen LogP contribution is -2.13. The van der Waals surface area contributed by atoms with E-state index < -0.39 is 0 Å². The van der Waals surface area contributed by atoms with Crippen LogP contribution in [0.3, 0.4) is 0 Å². The molecular formula is C18H22N2O3. The van der Waals surface area contributed by atoms with Crippen LogP contribution in [0, 0.1) is 0 Å². The summed E-state index contributed by atoms with van der Waals surface area (Å²) in [6.45, 7) is 2.49. The molecule has 2 rings (SSSR count). The van der Waals surface area contributed by atoms with E-state index in [1.54, 1.807) is 7.11 Å². The predicted octanol–water partition coefficient (Wildman–Crippen LogP) is 3.25. The Morgan fingerprint density at radius 3 is 2.65 bits per heavy atom. The molecule has 0 heterocycles. The summed E-state index contributed by atoms with van der Waals surface area (Å²) < 4.78 is 10.6. The van der Waals surface area contributed by atoms with Gasteiger partial charge in [-0.25, -0.2) is 0 Å². The molecule has 23 heavy (non-hydrogen) atoms. The third-order valence-electron chi connectivity index (χ3n) is 3.40. The highest BCUT2D eigenvalue weighted by molar-refractivity contribution is 5.92. The lowest BCUT2D eigenvalue weighted by molar-refractivity contribution is -0.116. The molecule has 0 aliphatic heterocycles. The first-order valence-corrected chi connectivity index (χ1v) is 7.58. The molecule has 2 aromatic rings. The molecule has 2 aromatic carbocycles. The van der Waals surface area contributed by atoms with Gasteiger partial charge in [0.25, 0.3) is 0 Å². The fourth-order valence-corrected chi connectivity index (χ4v) is 2.26. The number of amides is 1.